The van der Waals surface area contributed by atoms with E-state index < -0.39 is 0 Å². The zero-order chi connectivity index (χ0) is 58.1. The number of nitrogens with zero attached hydrogens (tertiary/aromatic N) is 3. The molecule has 0 atom stereocenters. The number of unbranched alkanes of at least 4 members (excludes halogenated alkanes) is 2. The molecule has 5 aromatic rings. The van der Waals surface area contributed by atoms with Gasteiger partial charge in [0, 0.05) is 92.4 Å². The summed E-state index contributed by atoms with van der Waals surface area (Å²) < 4.78 is 5.81. The van der Waals surface area contributed by atoms with E-state index in [1.807, 2.05) is 60.7 Å². The van der Waals surface area contributed by atoms with Crippen LogP contribution in [-0.4, -0.2) is 94.1 Å². The van der Waals surface area contributed by atoms with Crippen LogP contribution in [-0.2, 0) is 56.0 Å². The second-order valence-corrected chi connectivity index (χ2v) is 21.6. The third-order valence-electron chi connectivity index (χ3n) is 15.6. The van der Waals surface area contributed by atoms with Gasteiger partial charge in [0.15, 0.2) is 0 Å². The Hall–Kier alpha value is -9.05. The molecule has 16 nitrogen and oxygen atoms in total. The smallest absolute Gasteiger partial charge is 0.253 e. The first-order valence-electron chi connectivity index (χ1n) is 29.0. The van der Waals surface area contributed by atoms with Gasteiger partial charge in [-0.3, -0.25) is 57.9 Å². The first-order valence-corrected chi connectivity index (χ1v) is 29.0. The van der Waals surface area contributed by atoms with Crippen LogP contribution in [0.3, 0.4) is 0 Å². The van der Waals surface area contributed by atoms with Crippen LogP contribution in [0.4, 0.5) is 17.1 Å². The number of fused-ring (bicyclic) bond motifs is 6. The van der Waals surface area contributed by atoms with Crippen molar-refractivity contribution in [2.75, 3.05) is 42.2 Å². The van der Waals surface area contributed by atoms with Gasteiger partial charge in [0.05, 0.1) is 6.61 Å². The number of amides is 9. The Kier molecular flexibility index (Phi) is 20.2. The number of ether oxygens (including phenoxy) is 1. The van der Waals surface area contributed by atoms with Crippen molar-refractivity contribution < 1.29 is 47.9 Å². The molecule has 0 unspecified atom stereocenters. The van der Waals surface area contributed by atoms with Gasteiger partial charge in [-0.1, -0.05) is 99.2 Å². The van der Waals surface area contributed by atoms with Crippen molar-refractivity contribution in [3.8, 4) is 28.0 Å². The van der Waals surface area contributed by atoms with Crippen molar-refractivity contribution in [1.29, 1.82) is 0 Å². The Balaban J connectivity index is 0.000000150. The van der Waals surface area contributed by atoms with Crippen molar-refractivity contribution in [2.45, 2.75) is 109 Å². The highest BCUT2D eigenvalue weighted by atomic mass is 16.5. The zero-order valence-electron chi connectivity index (χ0n) is 46.7. The molecule has 0 radical (unpaired) electrons. The van der Waals surface area contributed by atoms with Gasteiger partial charge in [-0.2, -0.15) is 0 Å². The van der Waals surface area contributed by atoms with Crippen molar-refractivity contribution in [3.05, 3.63) is 168 Å². The van der Waals surface area contributed by atoms with E-state index in [0.29, 0.717) is 37.9 Å². The average molecular weight is 1120 g/mol. The molecule has 3 heterocycles. The molecule has 0 aromatic heterocycles. The second kappa shape index (κ2) is 28.6. The Labute approximate surface area is 484 Å². The van der Waals surface area contributed by atoms with Crippen LogP contribution in [0.15, 0.2) is 146 Å². The molecule has 1 saturated carbocycles. The average Bonchev–Trinajstić information content (AvgIpc) is 4.34. The van der Waals surface area contributed by atoms with Crippen LogP contribution < -0.4 is 20.7 Å². The summed E-state index contributed by atoms with van der Waals surface area (Å²) in [4.78, 5) is 109. The van der Waals surface area contributed by atoms with E-state index in [0.717, 1.165) is 71.6 Å². The summed E-state index contributed by atoms with van der Waals surface area (Å²) >= 11 is 0. The van der Waals surface area contributed by atoms with E-state index >= 15 is 0 Å². The van der Waals surface area contributed by atoms with Crippen LogP contribution in [0.2, 0.25) is 0 Å². The largest absolute Gasteiger partial charge is 0.494 e. The fourth-order valence-corrected chi connectivity index (χ4v) is 11.3. The fourth-order valence-electron chi connectivity index (χ4n) is 11.3. The molecule has 5 aromatic carbocycles. The zero-order valence-corrected chi connectivity index (χ0v) is 46.7. The number of carbonyl (C=O) groups excluding carboxylic acids is 9. The van der Waals surface area contributed by atoms with Gasteiger partial charge in [-0.05, 0) is 150 Å². The van der Waals surface area contributed by atoms with Crippen LogP contribution in [0.1, 0.15) is 119 Å². The van der Waals surface area contributed by atoms with E-state index in [1.165, 1.54) is 124 Å². The topological polar surface area (TPSA) is 209 Å². The Bertz CT molecular complexity index is 3300. The first kappa shape index (κ1) is 58.6. The predicted molar refractivity (Wildman–Crippen MR) is 318 cm³/mol. The molecule has 0 bridgehead atoms. The van der Waals surface area contributed by atoms with Crippen molar-refractivity contribution in [1.82, 2.24) is 14.7 Å². The number of hydrogen-bond donors (Lipinski definition) is 3. The predicted octanol–water partition coefficient (Wildman–Crippen LogP) is 10.7. The summed E-state index contributed by atoms with van der Waals surface area (Å²) in [6.07, 6.45) is 22.7. The molecule has 3 N–H and O–H groups in total. The highest BCUT2D eigenvalue weighted by Gasteiger charge is 2.26. The molecule has 11 rings (SSSR count). The molecular formula is C67H70N6O10. The highest BCUT2D eigenvalue weighted by molar-refractivity contribution is 6.14. The molecule has 6 aliphatic rings. The van der Waals surface area contributed by atoms with Gasteiger partial charge in [-0.25, -0.2) is 0 Å². The molecule has 83 heavy (non-hydrogen) atoms. The van der Waals surface area contributed by atoms with Gasteiger partial charge >= 0.3 is 0 Å². The maximum atomic E-state index is 12.2. The SMILES string of the molecule is O=C(CCCCCN1C(=O)C=CC1=O)Nc1ccc2c(c1)Cc1ccccc1-2.O=C(CCCN1C(=O)C=CC1=O)Nc1ccc(OCCCC2CCCCC2)cc1.O=C(CCCN1C(=O)C=CC1=O)Nc1ccc2c(c1)Cc1ccccc1-2. The molecule has 428 valence electrons. The summed E-state index contributed by atoms with van der Waals surface area (Å²) in [7, 11) is 0. The molecule has 16 heteroatoms. The minimum Gasteiger partial charge on any atom is -0.494 e. The fraction of sp³-hybridized carbons (Fsp3) is 0.328. The highest BCUT2D eigenvalue weighted by Crippen LogP contribution is 2.39. The van der Waals surface area contributed by atoms with Crippen molar-refractivity contribution in [2.24, 2.45) is 5.92 Å². The lowest BCUT2D eigenvalue weighted by atomic mass is 9.86. The summed E-state index contributed by atoms with van der Waals surface area (Å²) in [6.45, 7) is 1.66. The van der Waals surface area contributed by atoms with E-state index in [4.69, 9.17) is 4.74 Å². The Morgan fingerprint density at radius 3 is 1.28 bits per heavy atom. The van der Waals surface area contributed by atoms with E-state index in [9.17, 15) is 43.2 Å². The minimum absolute atomic E-state index is 0.00884. The first-order chi connectivity index (χ1) is 40.3. The second-order valence-electron chi connectivity index (χ2n) is 21.6. The third kappa shape index (κ3) is 16.1. The number of hydrogen-bond acceptors (Lipinski definition) is 10. The summed E-state index contributed by atoms with van der Waals surface area (Å²) in [6, 6.07) is 36.2. The molecule has 0 saturated heterocycles. The van der Waals surface area contributed by atoms with Crippen LogP contribution in [0, 0.1) is 5.92 Å². The van der Waals surface area contributed by atoms with Gasteiger partial charge in [-0.15, -0.1) is 0 Å². The third-order valence-corrected chi connectivity index (χ3v) is 15.6. The van der Waals surface area contributed by atoms with Gasteiger partial charge < -0.3 is 20.7 Å². The van der Waals surface area contributed by atoms with Gasteiger partial charge in [0.25, 0.3) is 35.4 Å². The van der Waals surface area contributed by atoms with Gasteiger partial charge in [0.1, 0.15) is 5.75 Å². The number of nitrogens with one attached hydrogen (secondary N) is 3. The van der Waals surface area contributed by atoms with Crippen molar-refractivity contribution >= 4 is 70.2 Å². The summed E-state index contributed by atoms with van der Waals surface area (Å²) in [5.74, 6) is -0.330. The monoisotopic (exact) mass is 1120 g/mol. The molecule has 3 aliphatic carbocycles. The maximum Gasteiger partial charge on any atom is 0.253 e. The normalized spacial score (nSPS) is 15.3. The quantitative estimate of drug-likeness (QED) is 0.0432. The van der Waals surface area contributed by atoms with E-state index in [-0.39, 0.29) is 79.1 Å². The van der Waals surface area contributed by atoms with Crippen LogP contribution in [0.5, 0.6) is 5.75 Å². The van der Waals surface area contributed by atoms with E-state index in [1.54, 1.807) is 0 Å². The van der Waals surface area contributed by atoms with Crippen LogP contribution in [0.25, 0.3) is 22.3 Å². The number of rotatable bonds is 22. The summed E-state index contributed by atoms with van der Waals surface area (Å²) in [5, 5.41) is 8.71. The number of carbonyl (C=O) groups is 9. The minimum atomic E-state index is -0.315. The van der Waals surface area contributed by atoms with Crippen molar-refractivity contribution in [3.63, 3.8) is 0 Å². The molecular weight excluding hydrogens is 1050 g/mol. The van der Waals surface area contributed by atoms with E-state index in [2.05, 4.69) is 64.5 Å². The number of benzene rings is 5. The molecule has 0 spiro atoms. The lowest BCUT2D eigenvalue weighted by Crippen LogP contribution is -2.31. The Morgan fingerprint density at radius 1 is 0.410 bits per heavy atom. The summed E-state index contributed by atoms with van der Waals surface area (Å²) in [5.41, 5.74) is 12.4. The standard InChI is InChI=1S/C23H30N2O4.C23H22N2O3.C21H18N2O3/c26-21(9-4-16-25-22(27)14-15-23(25)28)24-19-10-12-20(13-11-19)29-17-5-8-18-6-2-1-3-7-18;26-21(8-2-1-5-13-25-22(27)11-12-23(25)28)24-18-9-10-20-17(15-18)14-16-6-3-4-7-19(16)20;24-19(6-3-11-23-20(25)9-10-21(23)26)22-16-7-8-18-15(13-16)12-14-4-1-2-5-17(14)18/h10-15,18H,1-9,16-17H2,(H,24,26);3-4,6-7,9-12,15H,1-2,5,8,13-14H2,(H,24,26);1-2,4-5,7-10,13H,3,6,11-12H2,(H,22,24). The van der Waals surface area contributed by atoms with Gasteiger partial charge in [0.2, 0.25) is 17.7 Å². The van der Waals surface area contributed by atoms with Crippen LogP contribution >= 0.6 is 0 Å². The lowest BCUT2D eigenvalue weighted by molar-refractivity contribution is -0.138. The Morgan fingerprint density at radius 2 is 0.807 bits per heavy atom. The molecule has 3 aliphatic heterocycles. The number of imide groups is 3. The molecule has 1 fully saturated rings. The lowest BCUT2D eigenvalue weighted by Gasteiger charge is -2.21. The maximum absolute atomic E-state index is 12.2. The molecule has 9 amide bonds. The number of anilines is 3.